The largest absolute Gasteiger partial charge is 0.277 e. The van der Waals surface area contributed by atoms with Gasteiger partial charge in [0.1, 0.15) is 5.69 Å². The highest BCUT2D eigenvalue weighted by Gasteiger charge is 2.09. The van der Waals surface area contributed by atoms with Crippen molar-refractivity contribution in [3.63, 3.8) is 0 Å². The number of benzene rings is 1. The zero-order valence-electron chi connectivity index (χ0n) is 9.52. The Hall–Kier alpha value is -2.49. The fraction of sp³-hybridized carbons (Fsp3) is 0. The molecule has 0 bridgehead atoms. The molecule has 0 radical (unpaired) electrons. The number of nitrogens with one attached hydrogen (secondary N) is 1. The fourth-order valence-corrected chi connectivity index (χ4v) is 1.93. The minimum atomic E-state index is -0.508. The van der Waals surface area contributed by atoms with Crippen LogP contribution >= 0.6 is 0 Å². The van der Waals surface area contributed by atoms with Crippen LogP contribution in [0.3, 0.4) is 0 Å². The lowest BCUT2D eigenvalue weighted by atomic mass is 10.1. The summed E-state index contributed by atoms with van der Waals surface area (Å²) in [5.41, 5.74) is 3.35. The minimum Gasteiger partial charge on any atom is -0.277 e. The Morgan fingerprint density at radius 2 is 2.11 bits per heavy atom. The number of rotatable bonds is 2. The highest BCUT2D eigenvalue weighted by Crippen LogP contribution is 2.26. The van der Waals surface area contributed by atoms with Gasteiger partial charge in [0.2, 0.25) is 5.95 Å². The number of nitrogens with zero attached hydrogens (tertiary/aromatic N) is 2. The zero-order valence-corrected chi connectivity index (χ0v) is 9.52. The van der Waals surface area contributed by atoms with Crippen molar-refractivity contribution in [3.05, 3.63) is 54.6 Å². The van der Waals surface area contributed by atoms with Gasteiger partial charge >= 0.3 is 0 Å². The molecule has 0 atom stereocenters. The third kappa shape index (κ3) is 1.68. The van der Waals surface area contributed by atoms with Crippen LogP contribution in [-0.4, -0.2) is 15.2 Å². The van der Waals surface area contributed by atoms with Crippen LogP contribution in [0.25, 0.3) is 28.2 Å². The molecule has 3 aromatic rings. The summed E-state index contributed by atoms with van der Waals surface area (Å²) >= 11 is 0. The molecule has 0 amide bonds. The van der Waals surface area contributed by atoms with Gasteiger partial charge in [-0.25, -0.2) is 4.98 Å². The molecule has 4 heteroatoms. The Morgan fingerprint density at radius 3 is 2.89 bits per heavy atom. The van der Waals surface area contributed by atoms with E-state index in [1.165, 1.54) is 12.3 Å². The number of fused-ring (bicyclic) bond motifs is 1. The Labute approximate surface area is 103 Å². The molecule has 2 aromatic heterocycles. The van der Waals surface area contributed by atoms with Crippen molar-refractivity contribution in [2.75, 3.05) is 0 Å². The first kappa shape index (κ1) is 10.7. The molecular formula is C14H10FN3. The Balaban J connectivity index is 2.21. The van der Waals surface area contributed by atoms with Gasteiger partial charge in [-0.05, 0) is 23.8 Å². The van der Waals surface area contributed by atoms with Gasteiger partial charge < -0.3 is 0 Å². The van der Waals surface area contributed by atoms with Crippen LogP contribution in [0, 0.1) is 5.95 Å². The number of halogens is 1. The number of hydrogen-bond acceptors (Lipinski definition) is 2. The lowest BCUT2D eigenvalue weighted by Gasteiger charge is -1.98. The molecule has 1 N–H and O–H groups in total. The van der Waals surface area contributed by atoms with E-state index in [0.29, 0.717) is 5.56 Å². The highest BCUT2D eigenvalue weighted by atomic mass is 19.1. The first-order chi connectivity index (χ1) is 8.78. The first-order valence-electron chi connectivity index (χ1n) is 5.50. The quantitative estimate of drug-likeness (QED) is 0.696. The van der Waals surface area contributed by atoms with E-state index < -0.39 is 5.95 Å². The number of H-pyrrole nitrogens is 1. The summed E-state index contributed by atoms with van der Waals surface area (Å²) < 4.78 is 13.1. The van der Waals surface area contributed by atoms with Crippen LogP contribution in [0.5, 0.6) is 0 Å². The molecule has 88 valence electrons. The van der Waals surface area contributed by atoms with Crippen LogP contribution in [-0.2, 0) is 0 Å². The molecule has 0 aliphatic heterocycles. The van der Waals surface area contributed by atoms with Gasteiger partial charge in [0.05, 0.1) is 5.52 Å². The van der Waals surface area contributed by atoms with E-state index in [1.807, 2.05) is 18.2 Å². The van der Waals surface area contributed by atoms with Crippen molar-refractivity contribution in [3.8, 4) is 11.3 Å². The van der Waals surface area contributed by atoms with Gasteiger partial charge in [0.15, 0.2) is 0 Å². The molecule has 3 nitrogen and oxygen atoms in total. The summed E-state index contributed by atoms with van der Waals surface area (Å²) in [5, 5.41) is 8.12. The fourth-order valence-electron chi connectivity index (χ4n) is 1.93. The maximum absolute atomic E-state index is 13.1. The summed E-state index contributed by atoms with van der Waals surface area (Å²) in [6.07, 6.45) is 3.20. The molecule has 0 fully saturated rings. The number of hydrogen-bond donors (Lipinski definition) is 1. The standard InChI is InChI=1S/C14H10FN3/c1-2-9-3-4-11-12(7-9)17-18-14(11)10-5-6-16-13(15)8-10/h2-8H,1H2,(H,17,18). The topological polar surface area (TPSA) is 41.6 Å². The SMILES string of the molecule is C=Cc1ccc2c(-c3ccnc(F)c3)n[nH]c2c1. The number of aromatic amines is 1. The van der Waals surface area contributed by atoms with E-state index in [2.05, 4.69) is 21.8 Å². The molecule has 0 aliphatic carbocycles. The lowest BCUT2D eigenvalue weighted by molar-refractivity contribution is 0.584. The van der Waals surface area contributed by atoms with Gasteiger partial charge in [-0.15, -0.1) is 0 Å². The van der Waals surface area contributed by atoms with E-state index in [0.717, 1.165) is 22.2 Å². The van der Waals surface area contributed by atoms with Crippen LogP contribution < -0.4 is 0 Å². The molecule has 2 heterocycles. The van der Waals surface area contributed by atoms with E-state index in [4.69, 9.17) is 0 Å². The van der Waals surface area contributed by atoms with E-state index in [1.54, 1.807) is 12.1 Å². The maximum atomic E-state index is 13.1. The van der Waals surface area contributed by atoms with Gasteiger partial charge in [-0.2, -0.15) is 9.49 Å². The second-order valence-corrected chi connectivity index (χ2v) is 3.95. The van der Waals surface area contributed by atoms with Crippen molar-refractivity contribution in [1.82, 2.24) is 15.2 Å². The van der Waals surface area contributed by atoms with Gasteiger partial charge in [0, 0.05) is 23.2 Å². The molecule has 0 saturated heterocycles. The lowest BCUT2D eigenvalue weighted by Crippen LogP contribution is -1.84. The van der Waals surface area contributed by atoms with Crippen molar-refractivity contribution in [2.45, 2.75) is 0 Å². The van der Waals surface area contributed by atoms with Crippen LogP contribution in [0.4, 0.5) is 4.39 Å². The van der Waals surface area contributed by atoms with Gasteiger partial charge in [-0.1, -0.05) is 18.7 Å². The molecule has 0 unspecified atom stereocenters. The highest BCUT2D eigenvalue weighted by molar-refractivity contribution is 5.93. The van der Waals surface area contributed by atoms with E-state index in [-0.39, 0.29) is 0 Å². The summed E-state index contributed by atoms with van der Waals surface area (Å²) in [4.78, 5) is 3.54. The van der Waals surface area contributed by atoms with E-state index >= 15 is 0 Å². The van der Waals surface area contributed by atoms with Crippen molar-refractivity contribution in [1.29, 1.82) is 0 Å². The first-order valence-corrected chi connectivity index (χ1v) is 5.50. The third-order valence-corrected chi connectivity index (χ3v) is 2.82. The molecule has 0 spiro atoms. The third-order valence-electron chi connectivity index (χ3n) is 2.82. The van der Waals surface area contributed by atoms with Crippen LogP contribution in [0.1, 0.15) is 5.56 Å². The van der Waals surface area contributed by atoms with E-state index in [9.17, 15) is 4.39 Å². The average Bonchev–Trinajstić information content (AvgIpc) is 2.81. The second kappa shape index (κ2) is 4.07. The smallest absolute Gasteiger partial charge is 0.213 e. The van der Waals surface area contributed by atoms with Gasteiger partial charge in [-0.3, -0.25) is 5.10 Å². The summed E-state index contributed by atoms with van der Waals surface area (Å²) in [7, 11) is 0. The normalized spacial score (nSPS) is 10.7. The molecular weight excluding hydrogens is 229 g/mol. The van der Waals surface area contributed by atoms with Crippen LogP contribution in [0.2, 0.25) is 0 Å². The van der Waals surface area contributed by atoms with Crippen molar-refractivity contribution in [2.24, 2.45) is 0 Å². The van der Waals surface area contributed by atoms with Crippen molar-refractivity contribution < 1.29 is 4.39 Å². The Kier molecular flexibility index (Phi) is 2.41. The summed E-state index contributed by atoms with van der Waals surface area (Å²) in [6.45, 7) is 3.72. The molecule has 0 aliphatic rings. The number of pyridine rings is 1. The summed E-state index contributed by atoms with van der Waals surface area (Å²) in [5.74, 6) is -0.508. The Morgan fingerprint density at radius 1 is 1.22 bits per heavy atom. The van der Waals surface area contributed by atoms with Crippen LogP contribution in [0.15, 0.2) is 43.1 Å². The average molecular weight is 239 g/mol. The minimum absolute atomic E-state index is 0.508. The van der Waals surface area contributed by atoms with Crippen molar-refractivity contribution >= 4 is 17.0 Å². The summed E-state index contributed by atoms with van der Waals surface area (Å²) in [6, 6.07) is 8.96. The molecule has 1 aromatic carbocycles. The number of aromatic nitrogens is 3. The molecule has 3 rings (SSSR count). The molecule has 18 heavy (non-hydrogen) atoms. The zero-order chi connectivity index (χ0) is 12.5. The monoisotopic (exact) mass is 239 g/mol. The maximum Gasteiger partial charge on any atom is 0.213 e. The second-order valence-electron chi connectivity index (χ2n) is 3.95. The predicted octanol–water partition coefficient (Wildman–Crippen LogP) is 3.41. The molecule has 0 saturated carbocycles. The predicted molar refractivity (Wildman–Crippen MR) is 69.4 cm³/mol. The Bertz CT molecular complexity index is 731. The van der Waals surface area contributed by atoms with Gasteiger partial charge in [0.25, 0.3) is 0 Å².